The van der Waals surface area contributed by atoms with E-state index in [1.54, 1.807) is 0 Å². The first-order chi connectivity index (χ1) is 11.4. The molecule has 9 heteroatoms. The van der Waals surface area contributed by atoms with Crippen molar-refractivity contribution in [2.24, 2.45) is 0 Å². The molecule has 0 unspecified atom stereocenters. The Morgan fingerprint density at radius 1 is 1.20 bits per heavy atom. The Kier molecular flexibility index (Phi) is 4.70. The van der Waals surface area contributed by atoms with E-state index >= 15 is 0 Å². The van der Waals surface area contributed by atoms with Crippen LogP contribution in [0.1, 0.15) is 41.3 Å². The second-order valence-electron chi connectivity index (χ2n) is 5.99. The number of aryl methyl sites for hydroxylation is 1. The van der Waals surface area contributed by atoms with Gasteiger partial charge in [0.15, 0.2) is 0 Å². The third-order valence-corrected chi connectivity index (χ3v) is 3.49. The lowest BCUT2D eigenvalue weighted by Crippen LogP contribution is -2.42. The first kappa shape index (κ1) is 18.6. The van der Waals surface area contributed by atoms with E-state index in [0.717, 1.165) is 18.2 Å². The van der Waals surface area contributed by atoms with Crippen molar-refractivity contribution in [2.75, 3.05) is 0 Å². The number of aromatic amines is 1. The number of hydrogen-bond acceptors (Lipinski definition) is 3. The van der Waals surface area contributed by atoms with Crippen molar-refractivity contribution in [3.05, 3.63) is 63.1 Å². The lowest BCUT2D eigenvalue weighted by molar-refractivity contribution is -0.137. The topological polar surface area (TPSA) is 74.8 Å². The fraction of sp³-hybridized carbons (Fsp3) is 0.312. The Morgan fingerprint density at radius 3 is 2.36 bits per heavy atom. The number of hydrogen-bond donors (Lipinski definition) is 2. The minimum absolute atomic E-state index is 0.129. The van der Waals surface area contributed by atoms with Crippen LogP contribution in [-0.2, 0) is 11.7 Å². The fourth-order valence-electron chi connectivity index (χ4n) is 2.31. The average Bonchev–Trinajstić information content (AvgIpc) is 2.44. The van der Waals surface area contributed by atoms with E-state index in [-0.39, 0.29) is 17.1 Å². The molecule has 2 rings (SSSR count). The molecule has 0 fully saturated rings. The molecule has 1 aromatic carbocycles. The van der Waals surface area contributed by atoms with E-state index in [9.17, 15) is 27.2 Å². The minimum atomic E-state index is -4.67. The molecule has 0 saturated carbocycles. The first-order valence-electron chi connectivity index (χ1n) is 7.18. The van der Waals surface area contributed by atoms with Crippen molar-refractivity contribution in [2.45, 2.75) is 32.5 Å². The Balaban J connectivity index is 2.32. The summed E-state index contributed by atoms with van der Waals surface area (Å²) in [5, 5.41) is 2.47. The van der Waals surface area contributed by atoms with Crippen molar-refractivity contribution in [1.82, 2.24) is 15.3 Å². The van der Waals surface area contributed by atoms with Crippen LogP contribution in [0, 0.1) is 12.7 Å². The highest BCUT2D eigenvalue weighted by Gasteiger charge is 2.33. The van der Waals surface area contributed by atoms with Gasteiger partial charge >= 0.3 is 6.18 Å². The van der Waals surface area contributed by atoms with E-state index in [2.05, 4.69) is 15.3 Å². The van der Waals surface area contributed by atoms with Crippen molar-refractivity contribution < 1.29 is 22.4 Å². The summed E-state index contributed by atoms with van der Waals surface area (Å²) in [7, 11) is 0. The standard InChI is InChI=1S/C16H15F4N3O2/c1-8-21-12(7-13(24)22-8)14(25)23-15(2,3)10-5-4-9(6-11(10)17)16(18,19)20/h4-7H,1-3H3,(H,23,25)(H,21,22,24). The lowest BCUT2D eigenvalue weighted by atomic mass is 9.92. The summed E-state index contributed by atoms with van der Waals surface area (Å²) < 4.78 is 52.0. The molecule has 0 aliphatic heterocycles. The van der Waals surface area contributed by atoms with Crippen LogP contribution in [0.3, 0.4) is 0 Å². The Hall–Kier alpha value is -2.71. The molecule has 0 aliphatic rings. The molecule has 0 spiro atoms. The number of carbonyl (C=O) groups excluding carboxylic acids is 1. The Morgan fingerprint density at radius 2 is 1.84 bits per heavy atom. The van der Waals surface area contributed by atoms with E-state index in [0.29, 0.717) is 6.07 Å². The SMILES string of the molecule is Cc1nc(C(=O)NC(C)(C)c2ccc(C(F)(F)F)cc2F)cc(=O)[nH]1. The molecule has 0 aliphatic carbocycles. The van der Waals surface area contributed by atoms with Gasteiger partial charge in [0.1, 0.15) is 17.3 Å². The monoisotopic (exact) mass is 357 g/mol. The van der Waals surface area contributed by atoms with Gasteiger partial charge in [-0.2, -0.15) is 13.2 Å². The number of benzene rings is 1. The first-order valence-corrected chi connectivity index (χ1v) is 7.18. The van der Waals surface area contributed by atoms with Gasteiger partial charge in [-0.05, 0) is 32.9 Å². The number of carbonyl (C=O) groups is 1. The highest BCUT2D eigenvalue weighted by Crippen LogP contribution is 2.32. The fourth-order valence-corrected chi connectivity index (χ4v) is 2.31. The highest BCUT2D eigenvalue weighted by atomic mass is 19.4. The molecule has 1 aromatic heterocycles. The predicted octanol–water partition coefficient (Wildman–Crippen LogP) is 2.90. The van der Waals surface area contributed by atoms with Crippen LogP contribution in [0.15, 0.2) is 29.1 Å². The minimum Gasteiger partial charge on any atom is -0.342 e. The molecule has 2 aromatic rings. The summed E-state index contributed by atoms with van der Waals surface area (Å²) in [6.07, 6.45) is -4.67. The maximum absolute atomic E-state index is 14.1. The van der Waals surface area contributed by atoms with Crippen molar-refractivity contribution in [3.63, 3.8) is 0 Å². The number of aromatic nitrogens is 2. The molecule has 0 bridgehead atoms. The van der Waals surface area contributed by atoms with Gasteiger partial charge in [0.25, 0.3) is 11.5 Å². The quantitative estimate of drug-likeness (QED) is 0.830. The molecule has 25 heavy (non-hydrogen) atoms. The zero-order valence-electron chi connectivity index (χ0n) is 13.6. The Labute approximate surface area is 140 Å². The molecular weight excluding hydrogens is 342 g/mol. The van der Waals surface area contributed by atoms with Crippen molar-refractivity contribution in [3.8, 4) is 0 Å². The van der Waals surface area contributed by atoms with Gasteiger partial charge < -0.3 is 10.3 Å². The number of amides is 1. The second-order valence-corrected chi connectivity index (χ2v) is 5.99. The molecule has 134 valence electrons. The van der Waals surface area contributed by atoms with E-state index in [1.165, 1.54) is 20.8 Å². The maximum Gasteiger partial charge on any atom is 0.416 e. The number of halogens is 4. The van der Waals surface area contributed by atoms with Gasteiger partial charge in [-0.25, -0.2) is 9.37 Å². The molecule has 1 heterocycles. The van der Waals surface area contributed by atoms with E-state index in [4.69, 9.17) is 0 Å². The zero-order chi connectivity index (χ0) is 19.0. The molecule has 0 saturated heterocycles. The average molecular weight is 357 g/mol. The van der Waals surface area contributed by atoms with Crippen LogP contribution in [0.5, 0.6) is 0 Å². The molecular formula is C16H15F4N3O2. The largest absolute Gasteiger partial charge is 0.416 e. The van der Waals surface area contributed by atoms with Crippen molar-refractivity contribution >= 4 is 5.91 Å². The van der Waals surface area contributed by atoms with Crippen LogP contribution in [0.2, 0.25) is 0 Å². The summed E-state index contributed by atoms with van der Waals surface area (Å²) in [6, 6.07) is 3.05. The number of alkyl halides is 3. The number of nitrogens with one attached hydrogen (secondary N) is 2. The van der Waals surface area contributed by atoms with Gasteiger partial charge in [-0.3, -0.25) is 9.59 Å². The smallest absolute Gasteiger partial charge is 0.342 e. The van der Waals surface area contributed by atoms with Gasteiger partial charge in [0, 0.05) is 11.6 Å². The molecule has 0 atom stereocenters. The van der Waals surface area contributed by atoms with Crippen LogP contribution in [0.4, 0.5) is 17.6 Å². The Bertz CT molecular complexity index is 872. The third-order valence-electron chi connectivity index (χ3n) is 3.49. The molecule has 5 nitrogen and oxygen atoms in total. The van der Waals surface area contributed by atoms with Gasteiger partial charge in [-0.1, -0.05) is 6.07 Å². The normalized spacial score (nSPS) is 12.1. The summed E-state index contributed by atoms with van der Waals surface area (Å²) in [4.78, 5) is 29.9. The number of H-pyrrole nitrogens is 1. The summed E-state index contributed by atoms with van der Waals surface area (Å²) >= 11 is 0. The number of rotatable bonds is 3. The van der Waals surface area contributed by atoms with Gasteiger partial charge in [0.05, 0.1) is 11.1 Å². The maximum atomic E-state index is 14.1. The molecule has 0 radical (unpaired) electrons. The van der Waals surface area contributed by atoms with Crippen LogP contribution >= 0.6 is 0 Å². The van der Waals surface area contributed by atoms with Crippen LogP contribution < -0.4 is 10.9 Å². The second kappa shape index (κ2) is 6.30. The summed E-state index contributed by atoms with van der Waals surface area (Å²) in [5.74, 6) is -1.63. The lowest BCUT2D eigenvalue weighted by Gasteiger charge is -2.27. The van der Waals surface area contributed by atoms with Crippen molar-refractivity contribution in [1.29, 1.82) is 0 Å². The highest BCUT2D eigenvalue weighted by molar-refractivity contribution is 5.92. The van der Waals surface area contributed by atoms with E-state index < -0.39 is 34.6 Å². The summed E-state index contributed by atoms with van der Waals surface area (Å²) in [6.45, 7) is 4.34. The zero-order valence-corrected chi connectivity index (χ0v) is 13.6. The van der Waals surface area contributed by atoms with Crippen LogP contribution in [-0.4, -0.2) is 15.9 Å². The molecule has 2 N–H and O–H groups in total. The van der Waals surface area contributed by atoms with Crippen LogP contribution in [0.25, 0.3) is 0 Å². The van der Waals surface area contributed by atoms with Gasteiger partial charge in [0.2, 0.25) is 0 Å². The summed E-state index contributed by atoms with van der Waals surface area (Å²) in [5.41, 5.74) is -3.29. The van der Waals surface area contributed by atoms with E-state index in [1.807, 2.05) is 0 Å². The third kappa shape index (κ3) is 4.23. The molecule has 1 amide bonds. The predicted molar refractivity (Wildman–Crippen MR) is 81.5 cm³/mol. The van der Waals surface area contributed by atoms with Gasteiger partial charge in [-0.15, -0.1) is 0 Å². The number of nitrogens with zero attached hydrogens (tertiary/aromatic N) is 1.